The Hall–Kier alpha value is -0.900. The summed E-state index contributed by atoms with van der Waals surface area (Å²) in [5.41, 5.74) is 11.7. The topological polar surface area (TPSA) is 67.8 Å². The maximum absolute atomic E-state index is 5.54. The van der Waals surface area contributed by atoms with Gasteiger partial charge in [0.05, 0.1) is 0 Å². The van der Waals surface area contributed by atoms with Gasteiger partial charge in [-0.3, -0.25) is 0 Å². The number of nitrogen functional groups attached to an aromatic ring is 1. The van der Waals surface area contributed by atoms with Crippen LogP contribution in [0.5, 0.6) is 0 Å². The summed E-state index contributed by atoms with van der Waals surface area (Å²) in [4.78, 5) is 2.84. The molecule has 0 saturated heterocycles. The fourth-order valence-corrected chi connectivity index (χ4v) is 1.03. The number of nitrogens with two attached hydrogens (primary N) is 2. The Bertz CT molecular complexity index is 251. The molecule has 0 amide bonds. The quantitative estimate of drug-likeness (QED) is 0.641. The molecule has 0 spiro atoms. The minimum atomic E-state index is 0.619. The van der Waals surface area contributed by atoms with E-state index in [1.54, 1.807) is 6.20 Å². The highest BCUT2D eigenvalue weighted by Gasteiger charge is 2.00. The molecule has 0 atom stereocenters. The number of aromatic amines is 1. The van der Waals surface area contributed by atoms with Gasteiger partial charge in [0.1, 0.15) is 5.82 Å². The van der Waals surface area contributed by atoms with Crippen LogP contribution in [0.1, 0.15) is 5.56 Å². The number of hydrogen-bond acceptors (Lipinski definition) is 2. The first-order valence-electron chi connectivity index (χ1n) is 2.76. The van der Waals surface area contributed by atoms with Crippen LogP contribution >= 0.6 is 15.9 Å². The normalized spacial score (nSPS) is 11.9. The molecule has 0 aliphatic rings. The van der Waals surface area contributed by atoms with Crippen molar-refractivity contribution in [3.63, 3.8) is 0 Å². The first-order chi connectivity index (χ1) is 4.75. The maximum Gasteiger partial charge on any atom is 0.109 e. The first-order valence-corrected chi connectivity index (χ1v) is 3.55. The smallest absolute Gasteiger partial charge is 0.109 e. The van der Waals surface area contributed by atoms with Crippen LogP contribution in [0.25, 0.3) is 4.48 Å². The first kappa shape index (κ1) is 7.21. The van der Waals surface area contributed by atoms with E-state index >= 15 is 0 Å². The summed E-state index contributed by atoms with van der Waals surface area (Å²) in [6, 6.07) is 1.85. The van der Waals surface area contributed by atoms with E-state index in [4.69, 9.17) is 11.5 Å². The minimum Gasteiger partial charge on any atom is -0.404 e. The van der Waals surface area contributed by atoms with Gasteiger partial charge in [-0.1, -0.05) is 0 Å². The van der Waals surface area contributed by atoms with E-state index in [1.165, 1.54) is 6.20 Å². The van der Waals surface area contributed by atoms with Gasteiger partial charge in [-0.25, -0.2) is 0 Å². The molecule has 3 nitrogen and oxygen atoms in total. The Morgan fingerprint density at radius 1 is 1.70 bits per heavy atom. The van der Waals surface area contributed by atoms with Crippen molar-refractivity contribution in [2.24, 2.45) is 5.73 Å². The van der Waals surface area contributed by atoms with Crippen molar-refractivity contribution in [1.82, 2.24) is 4.98 Å². The van der Waals surface area contributed by atoms with Crippen LogP contribution in [0.15, 0.2) is 18.5 Å². The van der Waals surface area contributed by atoms with E-state index in [9.17, 15) is 0 Å². The van der Waals surface area contributed by atoms with Crippen molar-refractivity contribution in [3.05, 3.63) is 24.0 Å². The second kappa shape index (κ2) is 2.79. The van der Waals surface area contributed by atoms with Gasteiger partial charge >= 0.3 is 0 Å². The Labute approximate surface area is 67.2 Å². The molecule has 0 aromatic carbocycles. The highest BCUT2D eigenvalue weighted by molar-refractivity contribution is 9.15. The molecule has 5 N–H and O–H groups in total. The van der Waals surface area contributed by atoms with Gasteiger partial charge in [0, 0.05) is 22.4 Å². The van der Waals surface area contributed by atoms with Gasteiger partial charge in [-0.2, -0.15) is 0 Å². The second-order valence-corrected chi connectivity index (χ2v) is 2.67. The number of H-pyrrole nitrogens is 1. The molecule has 0 bridgehead atoms. The standard InChI is InChI=1S/C6H8BrN3/c7-5(3-8)4-1-2-10-6(4)9/h1-3,10H,8-9H2/b5-3+. The largest absolute Gasteiger partial charge is 0.404 e. The van der Waals surface area contributed by atoms with Crippen LogP contribution in [0.2, 0.25) is 0 Å². The van der Waals surface area contributed by atoms with Crippen LogP contribution in [-0.4, -0.2) is 4.98 Å². The molecule has 1 rings (SSSR count). The van der Waals surface area contributed by atoms with Crippen molar-refractivity contribution in [2.45, 2.75) is 0 Å². The molecule has 0 aliphatic heterocycles. The number of halogens is 1. The predicted octanol–water partition coefficient (Wildman–Crippen LogP) is 1.25. The van der Waals surface area contributed by atoms with Gasteiger partial charge in [-0.05, 0) is 22.0 Å². The van der Waals surface area contributed by atoms with E-state index < -0.39 is 0 Å². The number of anilines is 1. The van der Waals surface area contributed by atoms with Crippen molar-refractivity contribution in [1.29, 1.82) is 0 Å². The second-order valence-electron chi connectivity index (χ2n) is 1.82. The molecule has 0 radical (unpaired) electrons. The molecule has 0 unspecified atom stereocenters. The van der Waals surface area contributed by atoms with E-state index in [2.05, 4.69) is 20.9 Å². The van der Waals surface area contributed by atoms with E-state index in [1.807, 2.05) is 6.07 Å². The summed E-state index contributed by atoms with van der Waals surface area (Å²) < 4.78 is 0.797. The van der Waals surface area contributed by atoms with Crippen molar-refractivity contribution < 1.29 is 0 Å². The summed E-state index contributed by atoms with van der Waals surface area (Å²) >= 11 is 3.25. The third-order valence-electron chi connectivity index (χ3n) is 1.18. The zero-order valence-corrected chi connectivity index (χ0v) is 6.85. The highest BCUT2D eigenvalue weighted by atomic mass is 79.9. The lowest BCUT2D eigenvalue weighted by Crippen LogP contribution is -1.89. The fraction of sp³-hybridized carbons (Fsp3) is 0. The summed E-state index contributed by atoms with van der Waals surface area (Å²) in [6.07, 6.45) is 3.22. The van der Waals surface area contributed by atoms with Gasteiger partial charge in [0.15, 0.2) is 0 Å². The lowest BCUT2D eigenvalue weighted by Gasteiger charge is -1.94. The Kier molecular flexibility index (Phi) is 2.01. The maximum atomic E-state index is 5.54. The Morgan fingerprint density at radius 2 is 2.40 bits per heavy atom. The Balaban J connectivity index is 3.05. The van der Waals surface area contributed by atoms with E-state index in [0.29, 0.717) is 5.82 Å². The molecule has 0 fully saturated rings. The SMILES string of the molecule is N/C=C(/Br)c1cc[nH]c1N. The molecule has 10 heavy (non-hydrogen) atoms. The molecule has 1 aromatic rings. The molecule has 1 aromatic heterocycles. The third kappa shape index (κ3) is 1.16. The molecule has 1 heterocycles. The van der Waals surface area contributed by atoms with Gasteiger partial charge in [0.2, 0.25) is 0 Å². The van der Waals surface area contributed by atoms with Crippen LogP contribution in [-0.2, 0) is 0 Å². The third-order valence-corrected chi connectivity index (χ3v) is 1.87. The summed E-state index contributed by atoms with van der Waals surface area (Å²) in [7, 11) is 0. The van der Waals surface area contributed by atoms with Gasteiger partial charge in [0.25, 0.3) is 0 Å². The van der Waals surface area contributed by atoms with Crippen LogP contribution in [0, 0.1) is 0 Å². The average Bonchev–Trinajstić information content (AvgIpc) is 2.34. The Morgan fingerprint density at radius 3 is 2.80 bits per heavy atom. The number of hydrogen-bond donors (Lipinski definition) is 3. The monoisotopic (exact) mass is 201 g/mol. The molecular weight excluding hydrogens is 194 g/mol. The average molecular weight is 202 g/mol. The zero-order valence-electron chi connectivity index (χ0n) is 5.26. The molecule has 0 saturated carbocycles. The molecule has 54 valence electrons. The van der Waals surface area contributed by atoms with Crippen molar-refractivity contribution >= 4 is 26.2 Å². The van der Waals surface area contributed by atoms with Crippen LogP contribution in [0.4, 0.5) is 5.82 Å². The summed E-state index contributed by atoms with van der Waals surface area (Å²) in [6.45, 7) is 0. The van der Waals surface area contributed by atoms with Crippen LogP contribution < -0.4 is 11.5 Å². The number of rotatable bonds is 1. The minimum absolute atomic E-state index is 0.619. The predicted molar refractivity (Wildman–Crippen MR) is 46.3 cm³/mol. The van der Waals surface area contributed by atoms with Crippen molar-refractivity contribution in [2.75, 3.05) is 5.73 Å². The van der Waals surface area contributed by atoms with Crippen LogP contribution in [0.3, 0.4) is 0 Å². The fourth-order valence-electron chi connectivity index (χ4n) is 0.680. The molecule has 0 aliphatic carbocycles. The zero-order chi connectivity index (χ0) is 7.56. The summed E-state index contributed by atoms with van der Waals surface area (Å²) in [5, 5.41) is 0. The number of aromatic nitrogens is 1. The van der Waals surface area contributed by atoms with Gasteiger partial charge < -0.3 is 16.5 Å². The van der Waals surface area contributed by atoms with Crippen molar-refractivity contribution in [3.8, 4) is 0 Å². The lowest BCUT2D eigenvalue weighted by atomic mass is 10.3. The molecular formula is C6H8BrN3. The molecule has 4 heteroatoms. The van der Waals surface area contributed by atoms with E-state index in [0.717, 1.165) is 10.0 Å². The van der Waals surface area contributed by atoms with Gasteiger partial charge in [-0.15, -0.1) is 0 Å². The lowest BCUT2D eigenvalue weighted by molar-refractivity contribution is 1.41. The highest BCUT2D eigenvalue weighted by Crippen LogP contribution is 2.23. The number of nitrogens with one attached hydrogen (secondary N) is 1. The summed E-state index contributed by atoms with van der Waals surface area (Å²) in [5.74, 6) is 0.619. The van der Waals surface area contributed by atoms with E-state index in [-0.39, 0.29) is 0 Å².